The van der Waals surface area contributed by atoms with E-state index in [1.54, 1.807) is 12.1 Å². The number of rotatable bonds is 4. The zero-order chi connectivity index (χ0) is 16.9. The van der Waals surface area contributed by atoms with E-state index in [0.717, 1.165) is 38.4 Å². The molecule has 0 atom stereocenters. The van der Waals surface area contributed by atoms with E-state index in [4.69, 9.17) is 5.73 Å². The van der Waals surface area contributed by atoms with E-state index in [1.807, 2.05) is 17.1 Å². The predicted octanol–water partition coefficient (Wildman–Crippen LogP) is 1.26. The molecular formula is C18H23FN4O. The number of halogens is 1. The highest BCUT2D eigenvalue weighted by atomic mass is 19.1. The van der Waals surface area contributed by atoms with Crippen molar-refractivity contribution in [2.24, 2.45) is 5.73 Å². The van der Waals surface area contributed by atoms with Gasteiger partial charge in [0.1, 0.15) is 5.82 Å². The molecule has 0 aromatic heterocycles. The van der Waals surface area contributed by atoms with Crippen molar-refractivity contribution in [1.29, 1.82) is 0 Å². The number of carbonyl (C=O) groups is 1. The molecule has 128 valence electrons. The van der Waals surface area contributed by atoms with Crippen LogP contribution in [0.25, 0.3) is 0 Å². The van der Waals surface area contributed by atoms with Gasteiger partial charge in [0.25, 0.3) is 5.91 Å². The van der Waals surface area contributed by atoms with Gasteiger partial charge in [-0.2, -0.15) is 0 Å². The maximum atomic E-state index is 13.0. The Balaban J connectivity index is 1.44. The highest BCUT2D eigenvalue weighted by Crippen LogP contribution is 2.10. The first-order valence-corrected chi connectivity index (χ1v) is 8.26. The van der Waals surface area contributed by atoms with E-state index >= 15 is 0 Å². The topological polar surface area (TPSA) is 52.8 Å². The summed E-state index contributed by atoms with van der Waals surface area (Å²) in [5.41, 5.74) is 7.27. The Labute approximate surface area is 141 Å². The second-order valence-electron chi connectivity index (χ2n) is 6.19. The third-order valence-electron chi connectivity index (χ3n) is 4.45. The fourth-order valence-electron chi connectivity index (χ4n) is 3.00. The highest BCUT2D eigenvalue weighted by molar-refractivity contribution is 5.94. The summed E-state index contributed by atoms with van der Waals surface area (Å²) < 4.78 is 13.0. The van der Waals surface area contributed by atoms with Crippen molar-refractivity contribution in [2.45, 2.75) is 0 Å². The molecule has 5 nitrogen and oxygen atoms in total. The summed E-state index contributed by atoms with van der Waals surface area (Å²) in [6.45, 7) is 5.78. The Morgan fingerprint density at radius 1 is 1.08 bits per heavy atom. The minimum Gasteiger partial charge on any atom is -0.401 e. The number of allylic oxidation sites excluding steroid dienone is 2. The minimum absolute atomic E-state index is 0.0217. The van der Waals surface area contributed by atoms with Gasteiger partial charge in [0.2, 0.25) is 0 Å². The van der Waals surface area contributed by atoms with Crippen LogP contribution in [-0.4, -0.2) is 66.4 Å². The van der Waals surface area contributed by atoms with Gasteiger partial charge in [-0.15, -0.1) is 0 Å². The van der Waals surface area contributed by atoms with E-state index in [1.165, 1.54) is 12.1 Å². The first-order chi connectivity index (χ1) is 11.6. The Morgan fingerprint density at radius 2 is 1.79 bits per heavy atom. The first-order valence-electron chi connectivity index (χ1n) is 8.26. The molecule has 1 amide bonds. The van der Waals surface area contributed by atoms with Crippen LogP contribution in [0, 0.1) is 5.82 Å². The van der Waals surface area contributed by atoms with Gasteiger partial charge in [-0.1, -0.05) is 0 Å². The summed E-state index contributed by atoms with van der Waals surface area (Å²) >= 11 is 0. The molecule has 1 saturated heterocycles. The van der Waals surface area contributed by atoms with Gasteiger partial charge in [0, 0.05) is 50.5 Å². The lowest BCUT2D eigenvalue weighted by atomic mass is 10.2. The van der Waals surface area contributed by atoms with Gasteiger partial charge in [-0.25, -0.2) is 4.39 Å². The zero-order valence-corrected chi connectivity index (χ0v) is 13.7. The van der Waals surface area contributed by atoms with E-state index in [9.17, 15) is 9.18 Å². The number of amides is 1. The van der Waals surface area contributed by atoms with E-state index in [0.29, 0.717) is 18.7 Å². The van der Waals surface area contributed by atoms with Crippen molar-refractivity contribution in [3.8, 4) is 0 Å². The van der Waals surface area contributed by atoms with E-state index in [2.05, 4.69) is 16.0 Å². The molecule has 24 heavy (non-hydrogen) atoms. The van der Waals surface area contributed by atoms with Crippen molar-refractivity contribution in [2.75, 3.05) is 45.8 Å². The Hall–Kier alpha value is -2.34. The first kappa shape index (κ1) is 16.5. The molecule has 1 fully saturated rings. The van der Waals surface area contributed by atoms with Gasteiger partial charge in [-0.05, 0) is 42.6 Å². The molecule has 2 N–H and O–H groups in total. The van der Waals surface area contributed by atoms with Crippen molar-refractivity contribution in [3.05, 3.63) is 59.7 Å². The van der Waals surface area contributed by atoms with Crippen LogP contribution in [0.15, 0.2) is 48.3 Å². The van der Waals surface area contributed by atoms with Crippen LogP contribution in [0.2, 0.25) is 0 Å². The highest BCUT2D eigenvalue weighted by Gasteiger charge is 2.22. The van der Waals surface area contributed by atoms with Crippen molar-refractivity contribution in [3.63, 3.8) is 0 Å². The molecule has 1 aromatic rings. The van der Waals surface area contributed by atoms with Crippen LogP contribution in [0.1, 0.15) is 10.4 Å². The number of piperazine rings is 1. The summed E-state index contributed by atoms with van der Waals surface area (Å²) in [5, 5.41) is 0. The second-order valence-corrected chi connectivity index (χ2v) is 6.19. The average Bonchev–Trinajstić information content (AvgIpc) is 2.61. The van der Waals surface area contributed by atoms with Crippen molar-refractivity contribution < 1.29 is 9.18 Å². The molecule has 0 radical (unpaired) electrons. The van der Waals surface area contributed by atoms with Gasteiger partial charge in [0.05, 0.1) is 6.54 Å². The van der Waals surface area contributed by atoms with Crippen molar-refractivity contribution >= 4 is 5.91 Å². The fraction of sp³-hybridized carbons (Fsp3) is 0.389. The summed E-state index contributed by atoms with van der Waals surface area (Å²) in [6.07, 6.45) is 5.96. The zero-order valence-electron chi connectivity index (χ0n) is 13.7. The smallest absolute Gasteiger partial charge is 0.253 e. The SMILES string of the molecule is NC1=CC=CN(CCN2CCN(C(=O)c3ccc(F)cc3)CC2)C1. The molecule has 0 bridgehead atoms. The monoisotopic (exact) mass is 330 g/mol. The second kappa shape index (κ2) is 7.49. The summed E-state index contributed by atoms with van der Waals surface area (Å²) in [6, 6.07) is 5.75. The number of nitrogens with two attached hydrogens (primary N) is 1. The van der Waals surface area contributed by atoms with E-state index < -0.39 is 0 Å². The Bertz CT molecular complexity index is 633. The normalized spacial score (nSPS) is 18.6. The van der Waals surface area contributed by atoms with Crippen molar-refractivity contribution in [1.82, 2.24) is 14.7 Å². The quantitative estimate of drug-likeness (QED) is 0.903. The lowest BCUT2D eigenvalue weighted by molar-refractivity contribution is 0.0630. The third-order valence-corrected chi connectivity index (χ3v) is 4.45. The van der Waals surface area contributed by atoms with Crippen LogP contribution in [-0.2, 0) is 0 Å². The van der Waals surface area contributed by atoms with Gasteiger partial charge in [-0.3, -0.25) is 9.69 Å². The molecule has 3 rings (SSSR count). The molecule has 6 heteroatoms. The van der Waals surface area contributed by atoms with Crippen LogP contribution < -0.4 is 5.73 Å². The van der Waals surface area contributed by atoms with E-state index in [-0.39, 0.29) is 11.7 Å². The van der Waals surface area contributed by atoms with Gasteiger partial charge >= 0.3 is 0 Å². The average molecular weight is 330 g/mol. The number of nitrogens with zero attached hydrogens (tertiary/aromatic N) is 3. The van der Waals surface area contributed by atoms with Crippen LogP contribution in [0.3, 0.4) is 0 Å². The fourth-order valence-corrected chi connectivity index (χ4v) is 3.00. The molecular weight excluding hydrogens is 307 g/mol. The maximum Gasteiger partial charge on any atom is 0.253 e. The summed E-state index contributed by atoms with van der Waals surface area (Å²) in [7, 11) is 0. The standard InChI is InChI=1S/C18H23FN4O/c19-16-5-3-15(4-6-16)18(24)23-12-10-21(11-13-23)8-9-22-7-1-2-17(20)14-22/h1-7H,8-14,20H2. The lowest BCUT2D eigenvalue weighted by Crippen LogP contribution is -2.50. The number of hydrogen-bond donors (Lipinski definition) is 1. The van der Waals surface area contributed by atoms with Crippen LogP contribution >= 0.6 is 0 Å². The Kier molecular flexibility index (Phi) is 5.15. The molecule has 0 unspecified atom stereocenters. The lowest BCUT2D eigenvalue weighted by Gasteiger charge is -2.36. The minimum atomic E-state index is -0.321. The summed E-state index contributed by atoms with van der Waals surface area (Å²) in [4.78, 5) is 18.8. The van der Waals surface area contributed by atoms with Gasteiger partial charge < -0.3 is 15.5 Å². The molecule has 2 aliphatic rings. The predicted molar refractivity (Wildman–Crippen MR) is 91.7 cm³/mol. The largest absolute Gasteiger partial charge is 0.401 e. The maximum absolute atomic E-state index is 13.0. The molecule has 0 saturated carbocycles. The van der Waals surface area contributed by atoms with Crippen LogP contribution in [0.5, 0.6) is 0 Å². The third kappa shape index (κ3) is 4.14. The molecule has 0 spiro atoms. The molecule has 2 heterocycles. The van der Waals surface area contributed by atoms with Crippen LogP contribution in [0.4, 0.5) is 4.39 Å². The number of hydrogen-bond acceptors (Lipinski definition) is 4. The summed E-state index contributed by atoms with van der Waals surface area (Å²) in [5.74, 6) is -0.342. The molecule has 0 aliphatic carbocycles. The Morgan fingerprint density at radius 3 is 2.46 bits per heavy atom. The van der Waals surface area contributed by atoms with Gasteiger partial charge in [0.15, 0.2) is 0 Å². The number of carbonyl (C=O) groups excluding carboxylic acids is 1. The molecule has 2 aliphatic heterocycles. The molecule has 1 aromatic carbocycles. The number of benzene rings is 1.